The molecule has 0 atom stereocenters. The second kappa shape index (κ2) is 2.15. The van der Waals surface area contributed by atoms with Gasteiger partial charge in [-0.25, -0.2) is 0 Å². The highest BCUT2D eigenvalue weighted by atomic mass is 35.9. The highest BCUT2D eigenvalue weighted by Gasteiger charge is 2.30. The number of rotatable bonds is 1. The van der Waals surface area contributed by atoms with Crippen LogP contribution in [0.4, 0.5) is 0 Å². The molecular formula is HCl2O4PS. The van der Waals surface area contributed by atoms with E-state index in [-0.39, 0.29) is 0 Å². The summed E-state index contributed by atoms with van der Waals surface area (Å²) in [7, 11) is -4.75. The smallest absolute Gasteiger partial charge is 0.278 e. The maximum atomic E-state index is 9.93. The van der Waals surface area contributed by atoms with Crippen LogP contribution < -0.4 is 0 Å². The van der Waals surface area contributed by atoms with Gasteiger partial charge in [-0.1, -0.05) is 0 Å². The predicted octanol–water partition coefficient (Wildman–Crippen LogP) is 1.46. The summed E-state index contributed by atoms with van der Waals surface area (Å²) >= 11 is 8.98. The Morgan fingerprint density at radius 1 is 1.38 bits per heavy atom. The van der Waals surface area contributed by atoms with Crippen molar-refractivity contribution in [3.63, 3.8) is 0 Å². The molecule has 0 aromatic heterocycles. The molecule has 0 aromatic rings. The first kappa shape index (κ1) is 8.72. The van der Waals surface area contributed by atoms with Crippen molar-refractivity contribution in [1.29, 1.82) is 0 Å². The van der Waals surface area contributed by atoms with E-state index >= 15 is 0 Å². The Morgan fingerprint density at radius 3 is 1.50 bits per heavy atom. The minimum Gasteiger partial charge on any atom is -0.278 e. The van der Waals surface area contributed by atoms with Gasteiger partial charge in [0.1, 0.15) is 0 Å². The molecule has 0 saturated heterocycles. The highest BCUT2D eigenvalue weighted by molar-refractivity contribution is 8.66. The van der Waals surface area contributed by atoms with E-state index in [0.29, 0.717) is 0 Å². The van der Waals surface area contributed by atoms with Crippen LogP contribution in [0.5, 0.6) is 0 Å². The van der Waals surface area contributed by atoms with E-state index in [1.54, 1.807) is 0 Å². The van der Waals surface area contributed by atoms with Gasteiger partial charge in [0.05, 0.1) is 0 Å². The molecule has 8 heavy (non-hydrogen) atoms. The molecule has 0 saturated carbocycles. The average molecular weight is 199 g/mol. The first-order chi connectivity index (χ1) is 3.25. The standard InChI is InChI=1S/Cl2HO4PS/c1-7(2,3)8(4,5)6/h(H,4,5,6). The third-order valence-electron chi connectivity index (χ3n) is 0.269. The lowest BCUT2D eigenvalue weighted by Crippen LogP contribution is -1.88. The van der Waals surface area contributed by atoms with Crippen LogP contribution in [-0.4, -0.2) is 13.0 Å². The van der Waals surface area contributed by atoms with E-state index in [1.165, 1.54) is 0 Å². The molecule has 0 bridgehead atoms. The maximum Gasteiger partial charge on any atom is 0.390 e. The third kappa shape index (κ3) is 2.33. The molecule has 0 fully saturated rings. The first-order valence-electron chi connectivity index (χ1n) is 1.22. The topological polar surface area (TPSA) is 71.4 Å². The first-order valence-corrected chi connectivity index (χ1v) is 6.78. The monoisotopic (exact) mass is 198 g/mol. The number of hydrogen-bond acceptors (Lipinski definition) is 3. The van der Waals surface area contributed by atoms with Gasteiger partial charge < -0.3 is 0 Å². The van der Waals surface area contributed by atoms with Crippen molar-refractivity contribution in [1.82, 2.24) is 0 Å². The van der Waals surface area contributed by atoms with Crippen molar-refractivity contribution in [3.05, 3.63) is 0 Å². The van der Waals surface area contributed by atoms with Gasteiger partial charge >= 0.3 is 14.8 Å². The Labute approximate surface area is 55.2 Å². The van der Waals surface area contributed by atoms with Crippen molar-refractivity contribution >= 4 is 37.3 Å². The Bertz CT molecular complexity index is 208. The fourth-order valence-corrected chi connectivity index (χ4v) is 0. The summed E-state index contributed by atoms with van der Waals surface area (Å²) in [6.45, 7) is 0. The largest absolute Gasteiger partial charge is 0.390 e. The molecule has 0 aliphatic carbocycles. The molecule has 1 N–H and O–H groups in total. The Balaban J connectivity index is 4.84. The van der Waals surface area contributed by atoms with Gasteiger partial charge in [0, 0.05) is 0 Å². The summed E-state index contributed by atoms with van der Waals surface area (Å²) in [5.74, 6) is 0. The number of hydrogen-bond donors (Lipinski definition) is 1. The molecule has 0 rings (SSSR count). The van der Waals surface area contributed by atoms with Crippen molar-refractivity contribution < 1.29 is 17.5 Å². The third-order valence-corrected chi connectivity index (χ3v) is 5.56. The Kier molecular flexibility index (Phi) is 2.35. The summed E-state index contributed by atoms with van der Waals surface area (Å²) in [6.07, 6.45) is 0. The normalized spacial score (nSPS) is 13.9. The van der Waals surface area contributed by atoms with E-state index in [0.717, 1.165) is 0 Å². The second-order valence-electron chi connectivity index (χ2n) is 0.862. The minimum absolute atomic E-state index is 4.38. The van der Waals surface area contributed by atoms with Crippen LogP contribution in [-0.2, 0) is 14.3 Å². The lowest BCUT2D eigenvalue weighted by atomic mass is 15.9. The van der Waals surface area contributed by atoms with Crippen LogP contribution in [0, 0.1) is 0 Å². The van der Waals surface area contributed by atoms with Gasteiger partial charge in [-0.15, -0.1) is 0 Å². The molecule has 0 aliphatic rings. The molecular weight excluding hydrogens is 198 g/mol. The van der Waals surface area contributed by atoms with Crippen molar-refractivity contribution in [2.45, 2.75) is 0 Å². The van der Waals surface area contributed by atoms with Crippen molar-refractivity contribution in [3.8, 4) is 0 Å². The molecule has 8 heteroatoms. The average Bonchev–Trinajstić information content (AvgIpc) is 1.25. The zero-order valence-electron chi connectivity index (χ0n) is 3.28. The van der Waals surface area contributed by atoms with Gasteiger partial charge in [-0.2, -0.15) is 8.42 Å². The van der Waals surface area contributed by atoms with Gasteiger partial charge in [-0.3, -0.25) is 9.12 Å². The maximum absolute atomic E-state index is 9.93. The molecule has 50 valence electrons. The van der Waals surface area contributed by atoms with Crippen LogP contribution in [0.1, 0.15) is 0 Å². The van der Waals surface area contributed by atoms with E-state index in [1.807, 2.05) is 0 Å². The van der Waals surface area contributed by atoms with E-state index in [9.17, 15) is 13.0 Å². The van der Waals surface area contributed by atoms with Gasteiger partial charge in [0.2, 0.25) is 0 Å². The summed E-state index contributed by atoms with van der Waals surface area (Å²) in [5.41, 5.74) is 0. The van der Waals surface area contributed by atoms with Crippen LogP contribution in [0.3, 0.4) is 0 Å². The molecule has 4 nitrogen and oxygen atoms in total. The second-order valence-corrected chi connectivity index (χ2v) is 10.1. The summed E-state index contributed by atoms with van der Waals surface area (Å²) in [6, 6.07) is 0. The van der Waals surface area contributed by atoms with E-state index in [4.69, 9.17) is 4.55 Å². The highest BCUT2D eigenvalue weighted by Crippen LogP contribution is 2.61. The summed E-state index contributed by atoms with van der Waals surface area (Å²) < 4.78 is 37.1. The molecule has 0 aliphatic heterocycles. The fraction of sp³-hybridized carbons (Fsp3) is 0. The van der Waals surface area contributed by atoms with Crippen LogP contribution in [0.25, 0.3) is 0 Å². The zero-order valence-corrected chi connectivity index (χ0v) is 6.51. The molecule has 0 unspecified atom stereocenters. The summed E-state index contributed by atoms with van der Waals surface area (Å²) in [5, 5.41) is -4.38. The van der Waals surface area contributed by atoms with Crippen LogP contribution in [0.15, 0.2) is 0 Å². The lowest BCUT2D eigenvalue weighted by molar-refractivity contribution is 0.496. The summed E-state index contributed by atoms with van der Waals surface area (Å²) in [4.78, 5) is 0. The zero-order chi connectivity index (χ0) is 7.00. The van der Waals surface area contributed by atoms with Gasteiger partial charge in [-0.05, 0) is 22.5 Å². The molecule has 0 aromatic carbocycles. The SMILES string of the molecule is O=P(Cl)(Cl)S(=O)(=O)O. The van der Waals surface area contributed by atoms with Gasteiger partial charge in [0.15, 0.2) is 0 Å². The minimum atomic E-state index is -4.75. The van der Waals surface area contributed by atoms with Gasteiger partial charge in [0.25, 0.3) is 0 Å². The Hall–Kier alpha value is 0.720. The quantitative estimate of drug-likeness (QED) is 0.512. The van der Waals surface area contributed by atoms with Crippen LogP contribution >= 0.6 is 27.5 Å². The van der Waals surface area contributed by atoms with E-state index < -0.39 is 14.8 Å². The molecule has 0 radical (unpaired) electrons. The lowest BCUT2D eigenvalue weighted by Gasteiger charge is -1.91. The fourth-order valence-electron chi connectivity index (χ4n) is 0. The number of halogens is 2. The van der Waals surface area contributed by atoms with E-state index in [2.05, 4.69) is 22.5 Å². The molecule has 0 amide bonds. The van der Waals surface area contributed by atoms with Crippen molar-refractivity contribution in [2.75, 3.05) is 0 Å². The molecule has 0 heterocycles. The predicted molar refractivity (Wildman–Crippen MR) is 30.9 cm³/mol. The Morgan fingerprint density at radius 2 is 1.50 bits per heavy atom. The molecule has 0 spiro atoms. The van der Waals surface area contributed by atoms with Crippen LogP contribution in [0.2, 0.25) is 0 Å². The van der Waals surface area contributed by atoms with Crippen molar-refractivity contribution in [2.24, 2.45) is 0 Å².